The molecule has 130 valence electrons. The van der Waals surface area contributed by atoms with Gasteiger partial charge in [-0.2, -0.15) is 0 Å². The Hall–Kier alpha value is -1.49. The molecule has 3 aromatic rings. The Morgan fingerprint density at radius 3 is 2.64 bits per heavy atom. The molecule has 1 aromatic heterocycles. The van der Waals surface area contributed by atoms with Gasteiger partial charge in [0.15, 0.2) is 0 Å². The minimum absolute atomic E-state index is 0.209. The third-order valence-electron chi connectivity index (χ3n) is 3.83. The summed E-state index contributed by atoms with van der Waals surface area (Å²) in [7, 11) is 0. The van der Waals surface area contributed by atoms with Crippen molar-refractivity contribution in [3.8, 4) is 0 Å². The fraction of sp³-hybridized carbons (Fsp3) is 0.211. The van der Waals surface area contributed by atoms with Crippen molar-refractivity contribution in [2.24, 2.45) is 0 Å². The maximum absolute atomic E-state index is 13.1. The van der Waals surface area contributed by atoms with Gasteiger partial charge in [0.2, 0.25) is 0 Å². The molecule has 25 heavy (non-hydrogen) atoms. The molecular formula is C19H17Cl2FN2S. The summed E-state index contributed by atoms with van der Waals surface area (Å²) in [4.78, 5) is 5.08. The first-order valence-electron chi connectivity index (χ1n) is 7.92. The summed E-state index contributed by atoms with van der Waals surface area (Å²) in [5.74, 6) is -0.209. The Kier molecular flexibility index (Phi) is 6.40. The van der Waals surface area contributed by atoms with Gasteiger partial charge in [-0.1, -0.05) is 35.3 Å². The highest BCUT2D eigenvalue weighted by Gasteiger charge is 2.14. The number of rotatable bonds is 7. The molecule has 0 bridgehead atoms. The van der Waals surface area contributed by atoms with Crippen LogP contribution in [0.5, 0.6) is 0 Å². The lowest BCUT2D eigenvalue weighted by Gasteiger charge is -2.18. The van der Waals surface area contributed by atoms with Crippen LogP contribution in [0, 0.1) is 5.82 Å². The topological polar surface area (TPSA) is 17.8 Å². The van der Waals surface area contributed by atoms with E-state index in [-0.39, 0.29) is 11.1 Å². The minimum atomic E-state index is -0.209. The van der Waals surface area contributed by atoms with E-state index in [9.17, 15) is 4.39 Å². The highest BCUT2D eigenvalue weighted by molar-refractivity contribution is 8.00. The predicted octanol–water partition coefficient (Wildman–Crippen LogP) is 6.12. The molecule has 3 rings (SSSR count). The largest absolute Gasteiger partial charge is 0.336 e. The zero-order chi connectivity index (χ0) is 17.6. The van der Waals surface area contributed by atoms with Crippen LogP contribution in [-0.2, 0) is 13.0 Å². The van der Waals surface area contributed by atoms with Crippen molar-refractivity contribution >= 4 is 35.0 Å². The second-order valence-corrected chi connectivity index (χ2v) is 7.93. The monoisotopic (exact) mass is 394 g/mol. The van der Waals surface area contributed by atoms with Crippen LogP contribution in [0.25, 0.3) is 0 Å². The number of aromatic nitrogens is 2. The van der Waals surface area contributed by atoms with Crippen molar-refractivity contribution < 1.29 is 4.39 Å². The van der Waals surface area contributed by atoms with Crippen LogP contribution >= 0.6 is 35.0 Å². The lowest BCUT2D eigenvalue weighted by molar-refractivity contribution is 0.618. The number of halogens is 3. The summed E-state index contributed by atoms with van der Waals surface area (Å²) in [6, 6.07) is 12.2. The fourth-order valence-electron chi connectivity index (χ4n) is 2.54. The molecule has 1 heterocycles. The first kappa shape index (κ1) is 18.3. The quantitative estimate of drug-likeness (QED) is 0.449. The maximum Gasteiger partial charge on any atom is 0.123 e. The number of nitrogens with zero attached hydrogens (tertiary/aromatic N) is 2. The van der Waals surface area contributed by atoms with Crippen molar-refractivity contribution in [3.05, 3.63) is 82.6 Å². The van der Waals surface area contributed by atoms with Gasteiger partial charge in [-0.15, -0.1) is 11.8 Å². The number of hydrogen-bond acceptors (Lipinski definition) is 2. The van der Waals surface area contributed by atoms with Gasteiger partial charge in [0, 0.05) is 34.1 Å². The third-order valence-corrected chi connectivity index (χ3v) is 5.82. The van der Waals surface area contributed by atoms with Gasteiger partial charge >= 0.3 is 0 Å². The van der Waals surface area contributed by atoms with Gasteiger partial charge < -0.3 is 4.57 Å². The van der Waals surface area contributed by atoms with Gasteiger partial charge in [0.05, 0.1) is 11.3 Å². The molecule has 0 aliphatic heterocycles. The molecule has 1 atom stereocenters. The third kappa shape index (κ3) is 5.50. The number of hydrogen-bond donors (Lipinski definition) is 0. The van der Waals surface area contributed by atoms with E-state index in [0.29, 0.717) is 10.0 Å². The van der Waals surface area contributed by atoms with Crippen LogP contribution in [0.2, 0.25) is 10.0 Å². The molecule has 0 fully saturated rings. The van der Waals surface area contributed by atoms with E-state index in [1.165, 1.54) is 12.1 Å². The van der Waals surface area contributed by atoms with Crippen LogP contribution < -0.4 is 0 Å². The van der Waals surface area contributed by atoms with E-state index in [0.717, 1.165) is 29.8 Å². The standard InChI is InChI=1S/C19H17Cl2FN2S/c20-15-4-8-18(21)19(11-15)25-17(12-24-10-9-23-13-24)7-3-14-1-5-16(22)6-2-14/h1-2,4-6,8-11,13,17H,3,7,12H2. The Morgan fingerprint density at radius 2 is 1.92 bits per heavy atom. The molecule has 2 nitrogen and oxygen atoms in total. The molecule has 0 saturated carbocycles. The van der Waals surface area contributed by atoms with Crippen molar-refractivity contribution in [2.75, 3.05) is 0 Å². The Labute approximate surface area is 161 Å². The van der Waals surface area contributed by atoms with Gasteiger partial charge in [-0.3, -0.25) is 0 Å². The molecule has 0 saturated heterocycles. The lowest BCUT2D eigenvalue weighted by Crippen LogP contribution is -2.13. The Bertz CT molecular complexity index is 807. The van der Waals surface area contributed by atoms with Crippen LogP contribution in [0.1, 0.15) is 12.0 Å². The van der Waals surface area contributed by atoms with Crippen molar-refractivity contribution in [1.82, 2.24) is 9.55 Å². The molecule has 0 N–H and O–H groups in total. The van der Waals surface area contributed by atoms with Crippen molar-refractivity contribution in [1.29, 1.82) is 0 Å². The molecule has 0 radical (unpaired) electrons. The number of thioether (sulfide) groups is 1. The SMILES string of the molecule is Fc1ccc(CCC(Cn2ccnc2)Sc2cc(Cl)ccc2Cl)cc1. The summed E-state index contributed by atoms with van der Waals surface area (Å²) in [5, 5.41) is 1.66. The van der Waals surface area contributed by atoms with Gasteiger partial charge in [0.25, 0.3) is 0 Å². The number of aryl methyl sites for hydroxylation is 1. The maximum atomic E-state index is 13.1. The van der Waals surface area contributed by atoms with E-state index in [2.05, 4.69) is 9.55 Å². The predicted molar refractivity (Wildman–Crippen MR) is 103 cm³/mol. The summed E-state index contributed by atoms with van der Waals surface area (Å²) >= 11 is 14.1. The summed E-state index contributed by atoms with van der Waals surface area (Å²) in [5.41, 5.74) is 1.12. The molecule has 6 heteroatoms. The highest BCUT2D eigenvalue weighted by Crippen LogP contribution is 2.35. The van der Waals surface area contributed by atoms with E-state index in [4.69, 9.17) is 23.2 Å². The molecule has 0 amide bonds. The zero-order valence-electron chi connectivity index (χ0n) is 13.4. The smallest absolute Gasteiger partial charge is 0.123 e. The molecule has 1 unspecified atom stereocenters. The Balaban J connectivity index is 1.72. The number of imidazole rings is 1. The second-order valence-electron chi connectivity index (χ2n) is 5.74. The van der Waals surface area contributed by atoms with E-state index < -0.39 is 0 Å². The second kappa shape index (κ2) is 8.75. The van der Waals surface area contributed by atoms with Crippen LogP contribution in [-0.4, -0.2) is 14.8 Å². The summed E-state index contributed by atoms with van der Waals surface area (Å²) < 4.78 is 15.1. The highest BCUT2D eigenvalue weighted by atomic mass is 35.5. The lowest BCUT2D eigenvalue weighted by atomic mass is 10.1. The van der Waals surface area contributed by atoms with E-state index in [1.54, 1.807) is 24.0 Å². The van der Waals surface area contributed by atoms with E-state index >= 15 is 0 Å². The van der Waals surface area contributed by atoms with Crippen molar-refractivity contribution in [2.45, 2.75) is 29.5 Å². The van der Waals surface area contributed by atoms with Gasteiger partial charge in [0.1, 0.15) is 5.82 Å². The van der Waals surface area contributed by atoms with Crippen LogP contribution in [0.4, 0.5) is 4.39 Å². The van der Waals surface area contributed by atoms with Gasteiger partial charge in [-0.05, 0) is 48.7 Å². The van der Waals surface area contributed by atoms with Crippen LogP contribution in [0.3, 0.4) is 0 Å². The minimum Gasteiger partial charge on any atom is -0.336 e. The zero-order valence-corrected chi connectivity index (χ0v) is 15.7. The molecule has 0 aliphatic carbocycles. The average molecular weight is 395 g/mol. The normalized spacial score (nSPS) is 12.3. The van der Waals surface area contributed by atoms with Gasteiger partial charge in [-0.25, -0.2) is 9.37 Å². The summed E-state index contributed by atoms with van der Waals surface area (Å²) in [6.07, 6.45) is 7.33. The first-order valence-corrected chi connectivity index (χ1v) is 9.55. The molecule has 0 aliphatic rings. The molecular weight excluding hydrogens is 378 g/mol. The Morgan fingerprint density at radius 1 is 1.12 bits per heavy atom. The van der Waals surface area contributed by atoms with Crippen LogP contribution in [0.15, 0.2) is 66.1 Å². The summed E-state index contributed by atoms with van der Waals surface area (Å²) in [6.45, 7) is 0.814. The average Bonchev–Trinajstić information content (AvgIpc) is 3.10. The first-order chi connectivity index (χ1) is 12.1. The molecule has 2 aromatic carbocycles. The van der Waals surface area contributed by atoms with E-state index in [1.807, 2.05) is 36.8 Å². The van der Waals surface area contributed by atoms with Crippen molar-refractivity contribution in [3.63, 3.8) is 0 Å². The molecule has 0 spiro atoms. The number of benzene rings is 2. The fourth-order valence-corrected chi connectivity index (χ4v) is 4.25.